The maximum Gasteiger partial charge on any atom is 0.251 e. The van der Waals surface area contributed by atoms with Crippen molar-refractivity contribution in [2.75, 3.05) is 45.9 Å². The Morgan fingerprint density at radius 1 is 0.659 bits per heavy atom. The summed E-state index contributed by atoms with van der Waals surface area (Å²) < 4.78 is 5.87. The van der Waals surface area contributed by atoms with E-state index in [9.17, 15) is 74.4 Å². The third kappa shape index (κ3) is 17.2. The molecule has 3 saturated heterocycles. The van der Waals surface area contributed by atoms with Crippen molar-refractivity contribution in [3.8, 4) is 33.8 Å². The van der Waals surface area contributed by atoms with Crippen molar-refractivity contribution in [1.29, 1.82) is 0 Å². The molecule has 3 aliphatic rings. The van der Waals surface area contributed by atoms with Crippen molar-refractivity contribution in [3.63, 3.8) is 0 Å². The largest absolute Gasteiger partial charge is 0.508 e. The zero-order valence-electron chi connectivity index (χ0n) is 49.7. The number of benzene rings is 4. The highest BCUT2D eigenvalue weighted by Gasteiger charge is 2.50. The van der Waals surface area contributed by atoms with Gasteiger partial charge in [-0.2, -0.15) is 0 Å². The minimum absolute atomic E-state index is 0.0210. The van der Waals surface area contributed by atoms with Crippen LogP contribution in [0.15, 0.2) is 97.1 Å². The molecule has 478 valence electrons. The topological polar surface area (TPSA) is 407 Å². The SMILES string of the molecule is CCCCCOc1ccc(-c2ccc(-c3ccc(C(=O)N[C@H]4C[C@@H](O)[C@@H](NCCNCCN)NC(=O)C5[C@@H](O)[C@@H](C)CN5C(=O)C([C@@H](C)O)NC(=O)C([C@H](O)[C@@H](O)c5ccc(O)cc5)NC(=O)C5C[C@@H](O)CN5C(=O)C([C@@H](C)O)NC4=O)cc3)cc2)cc1. The van der Waals surface area contributed by atoms with Crippen LogP contribution in [0, 0.1) is 5.92 Å². The monoisotopic (exact) mass is 1220 g/mol. The van der Waals surface area contributed by atoms with Gasteiger partial charge in [-0.1, -0.05) is 87.4 Å². The second kappa shape index (κ2) is 31.5. The van der Waals surface area contributed by atoms with Gasteiger partial charge in [0.05, 0.1) is 37.1 Å². The molecule has 26 nitrogen and oxygen atoms in total. The number of ether oxygens (including phenoxy) is 1. The number of unbranched alkanes of at least 4 members (excludes halogenated alkanes) is 2. The Hall–Kier alpha value is -7.63. The molecule has 17 N–H and O–H groups in total. The number of aliphatic hydroxyl groups excluding tert-OH is 7. The summed E-state index contributed by atoms with van der Waals surface area (Å²) in [6.07, 6.45) is -12.3. The summed E-state index contributed by atoms with van der Waals surface area (Å²) in [5.74, 6) is -8.16. The van der Waals surface area contributed by atoms with Crippen LogP contribution < -0.4 is 47.7 Å². The number of nitrogens with zero attached hydrogens (tertiary/aromatic N) is 2. The first-order valence-electron chi connectivity index (χ1n) is 29.8. The molecular formula is C62H84N10O16. The smallest absolute Gasteiger partial charge is 0.251 e. The van der Waals surface area contributed by atoms with Crippen molar-refractivity contribution < 1.29 is 79.2 Å². The number of hydrogen-bond donors (Lipinski definition) is 16. The van der Waals surface area contributed by atoms with Crippen molar-refractivity contribution in [2.45, 2.75) is 145 Å². The fourth-order valence-corrected chi connectivity index (χ4v) is 11.0. The van der Waals surface area contributed by atoms with Crippen molar-refractivity contribution in [3.05, 3.63) is 108 Å². The zero-order chi connectivity index (χ0) is 63.9. The Bertz CT molecular complexity index is 2990. The molecule has 7 rings (SSSR count). The van der Waals surface area contributed by atoms with Gasteiger partial charge in [0.2, 0.25) is 35.4 Å². The number of amides is 7. The summed E-state index contributed by atoms with van der Waals surface area (Å²) in [7, 11) is 0. The molecule has 3 heterocycles. The van der Waals surface area contributed by atoms with Crippen LogP contribution in [0.1, 0.15) is 81.8 Å². The van der Waals surface area contributed by atoms with E-state index in [4.69, 9.17) is 10.5 Å². The Morgan fingerprint density at radius 2 is 1.22 bits per heavy atom. The summed E-state index contributed by atoms with van der Waals surface area (Å²) in [5.41, 5.74) is 9.15. The number of phenolic OH excluding ortho intramolecular Hbond substituents is 1. The van der Waals surface area contributed by atoms with E-state index in [0.717, 1.165) is 70.9 Å². The maximum atomic E-state index is 14.8. The molecule has 3 fully saturated rings. The molecule has 88 heavy (non-hydrogen) atoms. The molecule has 26 heteroatoms. The van der Waals surface area contributed by atoms with E-state index in [1.807, 2.05) is 48.5 Å². The molecule has 0 aliphatic carbocycles. The van der Waals surface area contributed by atoms with E-state index in [-0.39, 0.29) is 43.1 Å². The first-order chi connectivity index (χ1) is 42.0. The van der Waals surface area contributed by atoms with Gasteiger partial charge in [0.25, 0.3) is 5.91 Å². The van der Waals surface area contributed by atoms with Crippen molar-refractivity contribution in [1.82, 2.24) is 47.0 Å². The lowest BCUT2D eigenvalue weighted by atomic mass is 9.96. The van der Waals surface area contributed by atoms with Crippen LogP contribution in [0.25, 0.3) is 22.3 Å². The minimum Gasteiger partial charge on any atom is -0.508 e. The molecule has 0 saturated carbocycles. The molecule has 7 amide bonds. The van der Waals surface area contributed by atoms with Gasteiger partial charge < -0.3 is 93.0 Å². The van der Waals surface area contributed by atoms with Gasteiger partial charge in [0.1, 0.15) is 66.1 Å². The highest BCUT2D eigenvalue weighted by molar-refractivity contribution is 6.00. The average Bonchev–Trinajstić information content (AvgIpc) is 2.10. The van der Waals surface area contributed by atoms with Crippen molar-refractivity contribution in [2.24, 2.45) is 11.7 Å². The summed E-state index contributed by atoms with van der Waals surface area (Å²) in [4.78, 5) is 104. The zero-order valence-corrected chi connectivity index (χ0v) is 49.7. The third-order valence-electron chi connectivity index (χ3n) is 16.1. The normalized spacial score (nSPS) is 26.5. The predicted molar refractivity (Wildman–Crippen MR) is 321 cm³/mol. The van der Waals surface area contributed by atoms with Gasteiger partial charge in [0, 0.05) is 63.6 Å². The Labute approximate surface area is 510 Å². The van der Waals surface area contributed by atoms with Crippen LogP contribution in [-0.4, -0.2) is 217 Å². The highest BCUT2D eigenvalue weighted by Crippen LogP contribution is 2.30. The number of phenols is 1. The van der Waals surface area contributed by atoms with E-state index in [0.29, 0.717) is 13.2 Å². The summed E-state index contributed by atoms with van der Waals surface area (Å²) in [6.45, 7) is 6.55. The van der Waals surface area contributed by atoms with Gasteiger partial charge in [-0.3, -0.25) is 38.9 Å². The van der Waals surface area contributed by atoms with Crippen LogP contribution >= 0.6 is 0 Å². The Balaban J connectivity index is 1.22. The number of fused-ring (bicyclic) bond motifs is 2. The van der Waals surface area contributed by atoms with Gasteiger partial charge in [0.15, 0.2) is 0 Å². The summed E-state index contributed by atoms with van der Waals surface area (Å²) in [6, 6.07) is 15.3. The number of carbonyl (C=O) groups is 7. The number of rotatable bonds is 20. The van der Waals surface area contributed by atoms with Gasteiger partial charge in [-0.25, -0.2) is 0 Å². The molecule has 4 aromatic carbocycles. The first-order valence-corrected chi connectivity index (χ1v) is 29.8. The Kier molecular flexibility index (Phi) is 24.3. The van der Waals surface area contributed by atoms with Crippen LogP contribution in [0.2, 0.25) is 0 Å². The number of aliphatic hydroxyl groups is 7. The second-order valence-corrected chi connectivity index (χ2v) is 22.8. The van der Waals surface area contributed by atoms with Crippen LogP contribution in [0.3, 0.4) is 0 Å². The lowest BCUT2D eigenvalue weighted by Gasteiger charge is -2.34. The summed E-state index contributed by atoms with van der Waals surface area (Å²) in [5, 5.41) is 109. The summed E-state index contributed by atoms with van der Waals surface area (Å²) >= 11 is 0. The molecule has 0 spiro atoms. The quantitative estimate of drug-likeness (QED) is 0.0435. The fourth-order valence-electron chi connectivity index (χ4n) is 11.0. The van der Waals surface area contributed by atoms with Crippen molar-refractivity contribution >= 4 is 41.4 Å². The third-order valence-corrected chi connectivity index (χ3v) is 16.1. The second-order valence-electron chi connectivity index (χ2n) is 22.8. The molecule has 0 bridgehead atoms. The molecule has 3 aliphatic heterocycles. The predicted octanol–water partition coefficient (Wildman–Crippen LogP) is -1.78. The number of hydrogen-bond acceptors (Lipinski definition) is 19. The van der Waals surface area contributed by atoms with E-state index in [1.165, 1.54) is 43.3 Å². The molecule has 15 atom stereocenters. The van der Waals surface area contributed by atoms with Crippen LogP contribution in [0.5, 0.6) is 11.5 Å². The molecular weight excluding hydrogens is 1140 g/mol. The Morgan fingerprint density at radius 3 is 1.80 bits per heavy atom. The minimum atomic E-state index is -2.29. The molecule has 5 unspecified atom stereocenters. The van der Waals surface area contributed by atoms with Crippen LogP contribution in [0.4, 0.5) is 0 Å². The fraction of sp³-hybridized carbons (Fsp3) is 0.500. The lowest BCUT2D eigenvalue weighted by molar-refractivity contribution is -0.148. The highest BCUT2D eigenvalue weighted by atomic mass is 16.5. The average molecular weight is 1230 g/mol. The van der Waals surface area contributed by atoms with Gasteiger partial charge in [-0.15, -0.1) is 0 Å². The van der Waals surface area contributed by atoms with E-state index in [1.54, 1.807) is 12.1 Å². The number of carbonyl (C=O) groups excluding carboxylic acids is 7. The van der Waals surface area contributed by atoms with Crippen LogP contribution in [-0.2, 0) is 28.8 Å². The molecule has 0 radical (unpaired) electrons. The number of nitrogens with one attached hydrogen (secondary N) is 7. The van der Waals surface area contributed by atoms with E-state index in [2.05, 4.69) is 44.1 Å². The van der Waals surface area contributed by atoms with Gasteiger partial charge in [-0.05, 0) is 84.5 Å². The van der Waals surface area contributed by atoms with Gasteiger partial charge >= 0.3 is 0 Å². The number of aromatic hydroxyl groups is 1. The van der Waals surface area contributed by atoms with E-state index < -0.39 is 152 Å². The standard InChI is InChI=1S/C62H84N10O16/c1-5-6-7-28-88-44-22-18-39(19-23-44)37-10-8-36(9-11-37)38-12-14-41(15-13-38)56(81)66-45-30-47(77)55(65-27-26-64-25-24-63)70-60(85)51-52(78)33(2)31-72(51)62(87)49(35(4)74)68-59(84)50(54(80)53(79)40-16-20-42(75)21-17-40)69-58(83)46-29-43(76)32-71(46)61(86)48(34(3)73)67-57(45)82/h8-23,33-35,43,45-55,64-65,73-80H,5-7,24-32,63H2,1-4H3,(H,66,81)(H,67,82)(H,68,84)(H,69,83)(H,70,85)/t33-,34+,35+,43+,45-,46?,47+,48?,49?,50?,51?,52-,53-,54-,55-/m0/s1. The first kappa shape index (κ1) is 67.9. The van der Waals surface area contributed by atoms with E-state index >= 15 is 0 Å². The lowest BCUT2D eigenvalue weighted by Crippen LogP contribution is -2.64. The molecule has 0 aromatic heterocycles. The molecule has 4 aromatic rings. The number of nitrogens with two attached hydrogens (primary N) is 1. The maximum absolute atomic E-state index is 14.8.